The van der Waals surface area contributed by atoms with E-state index in [-0.39, 0.29) is 22.6 Å². The minimum Gasteiger partial charge on any atom is -0.507 e. The molecule has 1 fully saturated rings. The largest absolute Gasteiger partial charge is 0.507 e. The lowest BCUT2D eigenvalue weighted by Crippen LogP contribution is -2.40. The maximum absolute atomic E-state index is 12.3. The van der Waals surface area contributed by atoms with Crippen LogP contribution in [0.5, 0.6) is 5.75 Å². The Labute approximate surface area is 123 Å². The van der Waals surface area contributed by atoms with E-state index in [9.17, 15) is 9.90 Å². The third kappa shape index (κ3) is 3.34. The molecule has 1 atom stereocenters. The predicted molar refractivity (Wildman–Crippen MR) is 77.1 cm³/mol. The molecule has 0 bridgehead atoms. The molecule has 104 valence electrons. The van der Waals surface area contributed by atoms with Gasteiger partial charge in [-0.1, -0.05) is 11.6 Å². The summed E-state index contributed by atoms with van der Waals surface area (Å²) in [7, 11) is 0. The van der Waals surface area contributed by atoms with Crippen LogP contribution in [0.15, 0.2) is 18.2 Å². The van der Waals surface area contributed by atoms with Crippen LogP contribution in [0.4, 0.5) is 0 Å². The maximum atomic E-state index is 12.3. The van der Waals surface area contributed by atoms with Gasteiger partial charge >= 0.3 is 0 Å². The highest BCUT2D eigenvalue weighted by Gasteiger charge is 2.27. The van der Waals surface area contributed by atoms with E-state index >= 15 is 0 Å². The Morgan fingerprint density at radius 1 is 1.42 bits per heavy atom. The van der Waals surface area contributed by atoms with E-state index in [0.717, 1.165) is 12.8 Å². The van der Waals surface area contributed by atoms with Crippen molar-refractivity contribution in [3.8, 4) is 5.75 Å². The van der Waals surface area contributed by atoms with E-state index in [0.29, 0.717) is 24.0 Å². The quantitative estimate of drug-likeness (QED) is 0.849. The average molecular weight is 302 g/mol. The zero-order valence-corrected chi connectivity index (χ0v) is 12.3. The number of benzene rings is 1. The second kappa shape index (κ2) is 6.02. The summed E-state index contributed by atoms with van der Waals surface area (Å²) in [5.41, 5.74) is 0.268. The minimum atomic E-state index is -0.166. The van der Waals surface area contributed by atoms with Gasteiger partial charge in [-0.05, 0) is 43.9 Å². The summed E-state index contributed by atoms with van der Waals surface area (Å²) in [5, 5.41) is 10.3. The van der Waals surface area contributed by atoms with Gasteiger partial charge in [0.15, 0.2) is 0 Å². The van der Waals surface area contributed by atoms with E-state index < -0.39 is 0 Å². The van der Waals surface area contributed by atoms with Crippen molar-refractivity contribution in [1.82, 2.24) is 4.90 Å². The lowest BCUT2D eigenvalue weighted by molar-refractivity contribution is 0.0687. The fraction of sp³-hybridized carbons (Fsp3) is 0.500. The molecule has 0 aliphatic carbocycles. The fourth-order valence-electron chi connectivity index (χ4n) is 2.41. The number of phenolic OH excluding ortho intramolecular Hbond substituents is 1. The number of phenols is 1. The first-order chi connectivity index (χ1) is 8.99. The van der Waals surface area contributed by atoms with Crippen LogP contribution in [-0.4, -0.2) is 34.4 Å². The highest BCUT2D eigenvalue weighted by atomic mass is 35.5. The Balaban J connectivity index is 2.07. The first-order valence-corrected chi connectivity index (χ1v) is 7.22. The van der Waals surface area contributed by atoms with Crippen LogP contribution < -0.4 is 0 Å². The van der Waals surface area contributed by atoms with Crippen LogP contribution in [0.3, 0.4) is 0 Å². The smallest absolute Gasteiger partial charge is 0.257 e. The number of aromatic hydroxyl groups is 1. The van der Waals surface area contributed by atoms with Gasteiger partial charge in [-0.15, -0.1) is 11.6 Å². The molecule has 0 aromatic heterocycles. The van der Waals surface area contributed by atoms with Gasteiger partial charge in [-0.3, -0.25) is 4.79 Å². The first kappa shape index (κ1) is 14.5. The van der Waals surface area contributed by atoms with Crippen molar-refractivity contribution in [2.45, 2.75) is 25.1 Å². The van der Waals surface area contributed by atoms with Crippen molar-refractivity contribution in [3.05, 3.63) is 28.8 Å². The highest BCUT2D eigenvalue weighted by molar-refractivity contribution is 6.31. The molecule has 5 heteroatoms. The molecule has 1 aromatic carbocycles. The minimum absolute atomic E-state index is 0.0257. The van der Waals surface area contributed by atoms with E-state index in [1.165, 1.54) is 12.1 Å². The zero-order chi connectivity index (χ0) is 14.0. The monoisotopic (exact) mass is 301 g/mol. The number of amides is 1. The van der Waals surface area contributed by atoms with Crippen molar-refractivity contribution in [1.29, 1.82) is 0 Å². The lowest BCUT2D eigenvalue weighted by atomic mass is 9.93. The molecule has 0 spiro atoms. The van der Waals surface area contributed by atoms with E-state index in [2.05, 4.69) is 0 Å². The number of hydrogen-bond donors (Lipinski definition) is 1. The van der Waals surface area contributed by atoms with E-state index in [1.54, 1.807) is 11.0 Å². The Kier molecular flexibility index (Phi) is 4.58. The number of hydrogen-bond acceptors (Lipinski definition) is 2. The Morgan fingerprint density at radius 2 is 2.05 bits per heavy atom. The van der Waals surface area contributed by atoms with Gasteiger partial charge in [0.2, 0.25) is 0 Å². The Morgan fingerprint density at radius 3 is 2.63 bits per heavy atom. The maximum Gasteiger partial charge on any atom is 0.257 e. The molecule has 1 heterocycles. The molecule has 1 aliphatic rings. The van der Waals surface area contributed by atoms with Gasteiger partial charge in [-0.2, -0.15) is 0 Å². The fourth-order valence-corrected chi connectivity index (χ4v) is 2.84. The Hall–Kier alpha value is -0.930. The van der Waals surface area contributed by atoms with Crippen LogP contribution in [0.25, 0.3) is 0 Å². The van der Waals surface area contributed by atoms with Crippen molar-refractivity contribution in [2.24, 2.45) is 5.92 Å². The second-order valence-electron chi connectivity index (χ2n) is 4.97. The molecule has 1 aliphatic heterocycles. The number of carbonyl (C=O) groups is 1. The molecule has 2 rings (SSSR count). The summed E-state index contributed by atoms with van der Waals surface area (Å²) in [6.45, 7) is 3.34. The third-order valence-electron chi connectivity index (χ3n) is 3.67. The molecular formula is C14H17Cl2NO2. The lowest BCUT2D eigenvalue weighted by Gasteiger charge is -2.33. The van der Waals surface area contributed by atoms with Crippen LogP contribution in [0.2, 0.25) is 5.02 Å². The van der Waals surface area contributed by atoms with E-state index in [4.69, 9.17) is 23.2 Å². The van der Waals surface area contributed by atoms with Gasteiger partial charge in [0, 0.05) is 23.5 Å². The molecular weight excluding hydrogens is 285 g/mol. The standard InChI is InChI=1S/C14H17Cl2NO2/c1-9(15)10-4-6-17(7-5-10)14(19)12-8-11(16)2-3-13(12)18/h2-3,8-10,18H,4-7H2,1H3. The molecule has 1 aromatic rings. The summed E-state index contributed by atoms with van der Waals surface area (Å²) in [6.07, 6.45) is 1.80. The highest BCUT2D eigenvalue weighted by Crippen LogP contribution is 2.27. The van der Waals surface area contributed by atoms with Crippen LogP contribution in [-0.2, 0) is 0 Å². The van der Waals surface area contributed by atoms with Crippen molar-refractivity contribution >= 4 is 29.1 Å². The SMILES string of the molecule is CC(Cl)C1CCN(C(=O)c2cc(Cl)ccc2O)CC1. The van der Waals surface area contributed by atoms with Crippen LogP contribution >= 0.6 is 23.2 Å². The third-order valence-corrected chi connectivity index (χ3v) is 4.26. The summed E-state index contributed by atoms with van der Waals surface area (Å²) < 4.78 is 0. The summed E-state index contributed by atoms with van der Waals surface area (Å²) in [5.74, 6) is 0.265. The topological polar surface area (TPSA) is 40.5 Å². The Bertz CT molecular complexity index is 469. The number of rotatable bonds is 2. The number of halogens is 2. The number of carbonyl (C=O) groups excluding carboxylic acids is 1. The zero-order valence-electron chi connectivity index (χ0n) is 10.8. The van der Waals surface area contributed by atoms with Crippen LogP contribution in [0.1, 0.15) is 30.1 Å². The molecule has 0 radical (unpaired) electrons. The summed E-state index contributed by atoms with van der Waals surface area (Å²) in [6, 6.07) is 4.52. The summed E-state index contributed by atoms with van der Waals surface area (Å²) >= 11 is 12.0. The normalized spacial score (nSPS) is 18.4. The second-order valence-corrected chi connectivity index (χ2v) is 6.09. The number of likely N-dealkylation sites (tertiary alicyclic amines) is 1. The van der Waals surface area contributed by atoms with Gasteiger partial charge < -0.3 is 10.0 Å². The number of piperidine rings is 1. The van der Waals surface area contributed by atoms with Gasteiger partial charge in [0.25, 0.3) is 5.91 Å². The van der Waals surface area contributed by atoms with Crippen molar-refractivity contribution in [3.63, 3.8) is 0 Å². The van der Waals surface area contributed by atoms with Crippen molar-refractivity contribution in [2.75, 3.05) is 13.1 Å². The first-order valence-electron chi connectivity index (χ1n) is 6.41. The molecule has 1 saturated heterocycles. The molecule has 1 unspecified atom stereocenters. The van der Waals surface area contributed by atoms with E-state index in [1.807, 2.05) is 6.92 Å². The predicted octanol–water partition coefficient (Wildman–Crippen LogP) is 3.53. The van der Waals surface area contributed by atoms with Gasteiger partial charge in [-0.25, -0.2) is 0 Å². The summed E-state index contributed by atoms with van der Waals surface area (Å²) in [4.78, 5) is 14.1. The average Bonchev–Trinajstić information content (AvgIpc) is 2.41. The van der Waals surface area contributed by atoms with Crippen molar-refractivity contribution < 1.29 is 9.90 Å². The molecule has 19 heavy (non-hydrogen) atoms. The molecule has 3 nitrogen and oxygen atoms in total. The molecule has 0 saturated carbocycles. The molecule has 1 N–H and O–H groups in total. The number of alkyl halides is 1. The van der Waals surface area contributed by atoms with Gasteiger partial charge in [0.05, 0.1) is 5.56 Å². The van der Waals surface area contributed by atoms with Crippen LogP contribution in [0, 0.1) is 5.92 Å². The number of nitrogens with zero attached hydrogens (tertiary/aromatic N) is 1. The van der Waals surface area contributed by atoms with Gasteiger partial charge in [0.1, 0.15) is 5.75 Å². The molecule has 1 amide bonds.